The lowest BCUT2D eigenvalue weighted by molar-refractivity contribution is -0.437. The Morgan fingerprint density at radius 3 is 2.29 bits per heavy atom. The van der Waals surface area contributed by atoms with Crippen molar-refractivity contribution in [3.05, 3.63) is 90.7 Å². The molecule has 0 spiro atoms. The molecule has 1 aliphatic rings. The highest BCUT2D eigenvalue weighted by Gasteiger charge is 2.44. The molecule has 0 unspecified atom stereocenters. The minimum atomic E-state index is -4.38. The van der Waals surface area contributed by atoms with Crippen LogP contribution in [0.2, 0.25) is 0 Å². The van der Waals surface area contributed by atoms with Gasteiger partial charge in [0.15, 0.2) is 5.71 Å². The lowest BCUT2D eigenvalue weighted by Crippen LogP contribution is -2.28. The first kappa shape index (κ1) is 26.6. The molecule has 8 nitrogen and oxygen atoms in total. The van der Waals surface area contributed by atoms with E-state index in [4.69, 9.17) is 4.55 Å². The maximum absolute atomic E-state index is 11.7. The quantitative estimate of drug-likeness (QED) is 0.243. The van der Waals surface area contributed by atoms with Crippen molar-refractivity contribution in [2.75, 3.05) is 17.6 Å². The first-order chi connectivity index (χ1) is 16.4. The van der Waals surface area contributed by atoms with Crippen molar-refractivity contribution in [1.29, 1.82) is 0 Å². The molecule has 2 aromatic rings. The number of fused-ring (bicyclic) bond motifs is 1. The number of nitrogens with zero attached hydrogens (tertiary/aromatic N) is 1. The van der Waals surface area contributed by atoms with Crippen LogP contribution >= 0.6 is 0 Å². The van der Waals surface area contributed by atoms with Crippen LogP contribution in [0.5, 0.6) is 0 Å². The van der Waals surface area contributed by atoms with E-state index in [9.17, 15) is 21.4 Å². The van der Waals surface area contributed by atoms with Gasteiger partial charge in [-0.25, -0.2) is 0 Å². The van der Waals surface area contributed by atoms with Crippen molar-refractivity contribution in [2.24, 2.45) is 0 Å². The smallest absolute Gasteiger partial charge is 0.294 e. The molecule has 1 aliphatic heterocycles. The summed E-state index contributed by atoms with van der Waals surface area (Å²) in [5.41, 5.74) is 2.58. The number of para-hydroxylation sites is 1. The summed E-state index contributed by atoms with van der Waals surface area (Å²) in [5.74, 6) is -0.390. The Kier molecular flexibility index (Phi) is 8.11. The second-order valence-electron chi connectivity index (χ2n) is 8.57. The number of nitrogens with one attached hydrogen (secondary N) is 1. The minimum absolute atomic E-state index is 0.176. The molecule has 10 heteroatoms. The summed E-state index contributed by atoms with van der Waals surface area (Å²) in [4.78, 5) is -0.205. The molecule has 1 heterocycles. The molecule has 0 saturated heterocycles. The Morgan fingerprint density at radius 1 is 0.943 bits per heavy atom. The molecule has 0 fully saturated rings. The maximum Gasteiger partial charge on any atom is 0.294 e. The molecule has 186 valence electrons. The fraction of sp³-hybridized carbons (Fsp3) is 0.240. The van der Waals surface area contributed by atoms with Crippen LogP contribution in [0.4, 0.5) is 11.4 Å². The molecule has 0 amide bonds. The predicted octanol–water partition coefficient (Wildman–Crippen LogP) is 4.33. The van der Waals surface area contributed by atoms with Crippen LogP contribution in [0.25, 0.3) is 0 Å². The Hall–Kier alpha value is -3.05. The van der Waals surface area contributed by atoms with Crippen molar-refractivity contribution in [2.45, 2.75) is 30.6 Å². The zero-order chi connectivity index (χ0) is 25.7. The average molecular weight is 518 g/mol. The second kappa shape index (κ2) is 10.7. The summed E-state index contributed by atoms with van der Waals surface area (Å²) in [6, 6.07) is 14.1. The average Bonchev–Trinajstić information content (AvgIpc) is 2.98. The van der Waals surface area contributed by atoms with Crippen LogP contribution in [0, 0.1) is 0 Å². The molecule has 0 aliphatic carbocycles. The molecule has 35 heavy (non-hydrogen) atoms. The van der Waals surface area contributed by atoms with Gasteiger partial charge in [-0.2, -0.15) is 21.4 Å². The van der Waals surface area contributed by atoms with Gasteiger partial charge in [0.1, 0.15) is 6.54 Å². The number of benzene rings is 2. The van der Waals surface area contributed by atoms with Gasteiger partial charge in [0, 0.05) is 36.0 Å². The van der Waals surface area contributed by atoms with Gasteiger partial charge < -0.3 is 5.32 Å². The van der Waals surface area contributed by atoms with E-state index in [-0.39, 0.29) is 11.3 Å². The highest BCUT2D eigenvalue weighted by molar-refractivity contribution is 7.86. The Balaban J connectivity index is 1.85. The van der Waals surface area contributed by atoms with E-state index in [0.29, 0.717) is 17.8 Å². The molecular formula is C25H29N2O6S2+. The predicted molar refractivity (Wildman–Crippen MR) is 138 cm³/mol. The molecule has 3 N–H and O–H groups in total. The molecule has 0 aromatic heterocycles. The van der Waals surface area contributed by atoms with E-state index in [1.54, 1.807) is 12.3 Å². The molecule has 0 atom stereocenters. The normalized spacial score (nSPS) is 16.0. The zero-order valence-corrected chi connectivity index (χ0v) is 21.1. The van der Waals surface area contributed by atoms with Gasteiger partial charge in [-0.1, -0.05) is 36.4 Å². The van der Waals surface area contributed by atoms with E-state index in [2.05, 4.69) is 5.32 Å². The lowest BCUT2D eigenvalue weighted by atomic mass is 9.81. The third-order valence-electron chi connectivity index (χ3n) is 5.65. The van der Waals surface area contributed by atoms with Crippen LogP contribution in [-0.2, 0) is 25.7 Å². The van der Waals surface area contributed by atoms with E-state index in [1.165, 1.54) is 12.1 Å². The van der Waals surface area contributed by atoms with Gasteiger partial charge in [-0.3, -0.25) is 9.11 Å². The third kappa shape index (κ3) is 6.98. The third-order valence-corrected chi connectivity index (χ3v) is 7.31. The zero-order valence-electron chi connectivity index (χ0n) is 19.5. The molecule has 0 saturated carbocycles. The van der Waals surface area contributed by atoms with Crippen LogP contribution in [-0.4, -0.2) is 48.5 Å². The van der Waals surface area contributed by atoms with Gasteiger partial charge in [0.25, 0.3) is 20.2 Å². The molecule has 2 aromatic carbocycles. The monoisotopic (exact) mass is 517 g/mol. The van der Waals surface area contributed by atoms with E-state index in [1.807, 2.05) is 79.1 Å². The van der Waals surface area contributed by atoms with Crippen LogP contribution in [0.1, 0.15) is 25.8 Å². The Bertz CT molecular complexity index is 1410. The maximum atomic E-state index is 11.7. The first-order valence-corrected chi connectivity index (χ1v) is 14.0. The van der Waals surface area contributed by atoms with E-state index < -0.39 is 31.4 Å². The van der Waals surface area contributed by atoms with Gasteiger partial charge in [0.05, 0.1) is 16.1 Å². The Morgan fingerprint density at radius 2 is 1.63 bits per heavy atom. The fourth-order valence-electron chi connectivity index (χ4n) is 3.97. The van der Waals surface area contributed by atoms with Crippen molar-refractivity contribution in [3.63, 3.8) is 0 Å². The fourth-order valence-corrected chi connectivity index (χ4v) is 4.97. The molecule has 0 radical (unpaired) electrons. The standard InChI is InChI=1S/C25H28N2O6S2/c1-25(2)22-19-21(35(31,32)33)14-15-23(22)27(17-10-18-34(28,29)30)24(25)13-8-3-4-9-16-26-20-11-6-5-7-12-20/h3-9,11-16,19H,10,17-18H2,1-2H3,(H2,28,29,30,31,32,33)/p+1. The van der Waals surface area contributed by atoms with Gasteiger partial charge in [-0.15, -0.1) is 0 Å². The van der Waals surface area contributed by atoms with Crippen molar-refractivity contribution in [3.8, 4) is 0 Å². The van der Waals surface area contributed by atoms with Gasteiger partial charge >= 0.3 is 0 Å². The lowest BCUT2D eigenvalue weighted by Gasteiger charge is -2.15. The van der Waals surface area contributed by atoms with Crippen LogP contribution in [0.3, 0.4) is 0 Å². The highest BCUT2D eigenvalue weighted by atomic mass is 32.2. The highest BCUT2D eigenvalue weighted by Crippen LogP contribution is 2.41. The summed E-state index contributed by atoms with van der Waals surface area (Å²) in [6.45, 7) is 4.15. The van der Waals surface area contributed by atoms with Crippen molar-refractivity contribution in [1.82, 2.24) is 0 Å². The Labute approximate surface area is 206 Å². The second-order valence-corrected chi connectivity index (χ2v) is 11.6. The van der Waals surface area contributed by atoms with Crippen molar-refractivity contribution >= 4 is 37.3 Å². The van der Waals surface area contributed by atoms with Crippen molar-refractivity contribution < 1.29 is 30.5 Å². The van der Waals surface area contributed by atoms with Gasteiger partial charge in [0.2, 0.25) is 5.69 Å². The molecule has 0 bridgehead atoms. The van der Waals surface area contributed by atoms with Crippen LogP contribution in [0.15, 0.2) is 90.0 Å². The molecular weight excluding hydrogens is 488 g/mol. The SMILES string of the molecule is CC1(C)C(C=CC=CC=CNc2ccccc2)=[N+](CCCS(=O)(=O)O)c2ccc(S(=O)(=O)O)cc21. The first-order valence-electron chi connectivity index (χ1n) is 10.9. The summed E-state index contributed by atoms with van der Waals surface area (Å²) < 4.78 is 66.3. The number of rotatable bonds is 10. The topological polar surface area (TPSA) is 124 Å². The number of allylic oxidation sites excluding steroid dienone is 5. The largest absolute Gasteiger partial charge is 0.362 e. The van der Waals surface area contributed by atoms with Crippen LogP contribution < -0.4 is 5.32 Å². The summed E-state index contributed by atoms with van der Waals surface area (Å²) >= 11 is 0. The van der Waals surface area contributed by atoms with Gasteiger partial charge in [-0.05, 0) is 44.2 Å². The van der Waals surface area contributed by atoms with E-state index in [0.717, 1.165) is 11.4 Å². The van der Waals surface area contributed by atoms with E-state index >= 15 is 0 Å². The summed E-state index contributed by atoms with van der Waals surface area (Å²) in [6.07, 6.45) is 11.2. The number of anilines is 1. The summed E-state index contributed by atoms with van der Waals surface area (Å²) in [5, 5.41) is 3.15. The summed E-state index contributed by atoms with van der Waals surface area (Å²) in [7, 11) is -8.49. The minimum Gasteiger partial charge on any atom is -0.362 e. The molecule has 3 rings (SSSR count). The number of hydrogen-bond acceptors (Lipinski definition) is 5. The number of hydrogen-bond donors (Lipinski definition) is 3.